The van der Waals surface area contributed by atoms with E-state index in [-0.39, 0.29) is 5.69 Å². The third kappa shape index (κ3) is 2.43. The van der Waals surface area contributed by atoms with E-state index in [1.54, 1.807) is 6.20 Å². The molecule has 0 aliphatic carbocycles. The zero-order valence-corrected chi connectivity index (χ0v) is 12.8. The van der Waals surface area contributed by atoms with Gasteiger partial charge in [0.25, 0.3) is 0 Å². The van der Waals surface area contributed by atoms with E-state index in [1.165, 1.54) is 5.56 Å². The molecule has 1 aromatic carbocycles. The van der Waals surface area contributed by atoms with Gasteiger partial charge in [-0.15, -0.1) is 5.10 Å². The van der Waals surface area contributed by atoms with Crippen molar-refractivity contribution in [2.45, 2.75) is 26.2 Å². The van der Waals surface area contributed by atoms with Crippen molar-refractivity contribution >= 4 is 11.7 Å². The molecule has 1 saturated heterocycles. The predicted octanol–water partition coefficient (Wildman–Crippen LogP) is 3.18. The minimum absolute atomic E-state index is 0.0377. The molecule has 0 bridgehead atoms. The first kappa shape index (κ1) is 14.5. The average molecular weight is 297 g/mol. The molecule has 1 N–H and O–H groups in total. The van der Waals surface area contributed by atoms with Crippen molar-refractivity contribution in [1.29, 1.82) is 0 Å². The van der Waals surface area contributed by atoms with Crippen LogP contribution in [0.2, 0.25) is 0 Å². The molecule has 0 spiro atoms. The van der Waals surface area contributed by atoms with E-state index in [4.69, 9.17) is 0 Å². The van der Waals surface area contributed by atoms with Crippen LogP contribution in [-0.2, 0) is 0 Å². The SMILES string of the molecule is CC(C)c1ccccc1-c1cnnc(C(=O)O)c1N1CCC1. The highest BCUT2D eigenvalue weighted by molar-refractivity contribution is 5.97. The van der Waals surface area contributed by atoms with E-state index in [2.05, 4.69) is 35.0 Å². The van der Waals surface area contributed by atoms with E-state index in [0.717, 1.165) is 30.6 Å². The zero-order chi connectivity index (χ0) is 15.7. The number of carboxylic acid groups (broad SMARTS) is 1. The molecule has 1 fully saturated rings. The van der Waals surface area contributed by atoms with Gasteiger partial charge in [0.05, 0.1) is 11.9 Å². The van der Waals surface area contributed by atoms with Crippen LogP contribution in [-0.4, -0.2) is 34.4 Å². The van der Waals surface area contributed by atoms with Gasteiger partial charge in [-0.05, 0) is 23.5 Å². The number of nitrogens with zero attached hydrogens (tertiary/aromatic N) is 3. The number of hydrogen-bond acceptors (Lipinski definition) is 4. The summed E-state index contributed by atoms with van der Waals surface area (Å²) in [6, 6.07) is 8.10. The Hall–Kier alpha value is -2.43. The Kier molecular flexibility index (Phi) is 3.79. The number of rotatable bonds is 4. The summed E-state index contributed by atoms with van der Waals surface area (Å²) in [7, 11) is 0. The molecular weight excluding hydrogens is 278 g/mol. The van der Waals surface area contributed by atoms with Gasteiger partial charge in [0.2, 0.25) is 0 Å². The molecule has 22 heavy (non-hydrogen) atoms. The number of hydrogen-bond donors (Lipinski definition) is 1. The number of carboxylic acids is 1. The first-order valence-electron chi connectivity index (χ1n) is 7.53. The van der Waals surface area contributed by atoms with Crippen molar-refractivity contribution in [2.75, 3.05) is 18.0 Å². The minimum atomic E-state index is -1.03. The second-order valence-electron chi connectivity index (χ2n) is 5.84. The highest BCUT2D eigenvalue weighted by atomic mass is 16.4. The van der Waals surface area contributed by atoms with Crippen LogP contribution in [0, 0.1) is 0 Å². The Morgan fingerprint density at radius 1 is 1.23 bits per heavy atom. The Balaban J connectivity index is 2.23. The van der Waals surface area contributed by atoms with E-state index < -0.39 is 5.97 Å². The van der Waals surface area contributed by atoms with Crippen LogP contribution in [0.5, 0.6) is 0 Å². The highest BCUT2D eigenvalue weighted by Crippen LogP contribution is 2.38. The number of benzene rings is 1. The molecule has 1 aliphatic rings. The number of anilines is 1. The summed E-state index contributed by atoms with van der Waals surface area (Å²) in [5, 5.41) is 17.2. The monoisotopic (exact) mass is 297 g/mol. The maximum absolute atomic E-state index is 11.5. The maximum Gasteiger partial charge on any atom is 0.358 e. The second kappa shape index (κ2) is 5.75. The molecule has 0 unspecified atom stereocenters. The smallest absolute Gasteiger partial charge is 0.358 e. The second-order valence-corrected chi connectivity index (χ2v) is 5.84. The fourth-order valence-electron chi connectivity index (χ4n) is 2.83. The third-order valence-corrected chi connectivity index (χ3v) is 4.07. The summed E-state index contributed by atoms with van der Waals surface area (Å²) in [4.78, 5) is 13.6. The fourth-order valence-corrected chi connectivity index (χ4v) is 2.83. The topological polar surface area (TPSA) is 66.3 Å². The molecule has 1 aromatic heterocycles. The standard InChI is InChI=1S/C17H19N3O2/c1-11(2)12-6-3-4-7-13(12)14-10-18-19-15(17(21)22)16(14)20-8-5-9-20/h3-4,6-7,10-11H,5,8-9H2,1-2H3,(H,21,22). The van der Waals surface area contributed by atoms with Crippen molar-refractivity contribution in [1.82, 2.24) is 10.2 Å². The molecule has 0 radical (unpaired) electrons. The summed E-state index contributed by atoms with van der Waals surface area (Å²) in [6.45, 7) is 6.00. The predicted molar refractivity (Wildman–Crippen MR) is 85.3 cm³/mol. The number of aromatic nitrogens is 2. The fraction of sp³-hybridized carbons (Fsp3) is 0.353. The Morgan fingerprint density at radius 2 is 1.95 bits per heavy atom. The van der Waals surface area contributed by atoms with Gasteiger partial charge in [-0.2, -0.15) is 5.10 Å². The molecule has 114 valence electrons. The summed E-state index contributed by atoms with van der Waals surface area (Å²) in [5.74, 6) is -0.680. The van der Waals surface area contributed by atoms with Crippen LogP contribution >= 0.6 is 0 Å². The summed E-state index contributed by atoms with van der Waals surface area (Å²) >= 11 is 0. The molecule has 3 rings (SSSR count). The van der Waals surface area contributed by atoms with Crippen LogP contribution < -0.4 is 4.90 Å². The van der Waals surface area contributed by atoms with Gasteiger partial charge in [0, 0.05) is 18.7 Å². The molecular formula is C17H19N3O2. The third-order valence-electron chi connectivity index (χ3n) is 4.07. The van der Waals surface area contributed by atoms with E-state index in [1.807, 2.05) is 18.2 Å². The molecule has 5 heteroatoms. The van der Waals surface area contributed by atoms with Gasteiger partial charge in [0.1, 0.15) is 0 Å². The highest BCUT2D eigenvalue weighted by Gasteiger charge is 2.27. The van der Waals surface area contributed by atoms with Gasteiger partial charge in [-0.25, -0.2) is 4.79 Å². The van der Waals surface area contributed by atoms with Crippen molar-refractivity contribution in [3.8, 4) is 11.1 Å². The lowest BCUT2D eigenvalue weighted by atomic mass is 9.91. The van der Waals surface area contributed by atoms with Crippen LogP contribution in [0.25, 0.3) is 11.1 Å². The first-order chi connectivity index (χ1) is 10.6. The molecule has 5 nitrogen and oxygen atoms in total. The molecule has 0 amide bonds. The normalized spacial score (nSPS) is 14.0. The quantitative estimate of drug-likeness (QED) is 0.939. The van der Waals surface area contributed by atoms with Crippen LogP contribution in [0.3, 0.4) is 0 Å². The lowest BCUT2D eigenvalue weighted by Gasteiger charge is -2.35. The molecule has 1 aliphatic heterocycles. The average Bonchev–Trinajstić information content (AvgIpc) is 2.45. The first-order valence-corrected chi connectivity index (χ1v) is 7.53. The van der Waals surface area contributed by atoms with Gasteiger partial charge >= 0.3 is 5.97 Å². The zero-order valence-electron chi connectivity index (χ0n) is 12.8. The Morgan fingerprint density at radius 3 is 2.55 bits per heavy atom. The van der Waals surface area contributed by atoms with Gasteiger partial charge in [0.15, 0.2) is 5.69 Å². The van der Waals surface area contributed by atoms with E-state index in [9.17, 15) is 9.90 Å². The lowest BCUT2D eigenvalue weighted by molar-refractivity contribution is 0.0689. The van der Waals surface area contributed by atoms with E-state index >= 15 is 0 Å². The van der Waals surface area contributed by atoms with Gasteiger partial charge in [-0.1, -0.05) is 38.1 Å². The molecule has 0 atom stereocenters. The van der Waals surface area contributed by atoms with Crippen LogP contribution in [0.4, 0.5) is 5.69 Å². The molecule has 2 heterocycles. The Labute approximate surface area is 129 Å². The summed E-state index contributed by atoms with van der Waals surface area (Å²) in [6.07, 6.45) is 2.76. The molecule has 2 aromatic rings. The lowest BCUT2D eigenvalue weighted by Crippen LogP contribution is -2.38. The van der Waals surface area contributed by atoms with Crippen molar-refractivity contribution in [3.63, 3.8) is 0 Å². The summed E-state index contributed by atoms with van der Waals surface area (Å²) < 4.78 is 0. The maximum atomic E-state index is 11.5. The summed E-state index contributed by atoms with van der Waals surface area (Å²) in [5.41, 5.74) is 3.82. The van der Waals surface area contributed by atoms with Crippen molar-refractivity contribution < 1.29 is 9.90 Å². The largest absolute Gasteiger partial charge is 0.476 e. The Bertz CT molecular complexity index is 709. The molecule has 0 saturated carbocycles. The van der Waals surface area contributed by atoms with E-state index in [0.29, 0.717) is 11.6 Å². The van der Waals surface area contributed by atoms with Crippen LogP contribution in [0.15, 0.2) is 30.5 Å². The number of aromatic carboxylic acids is 1. The van der Waals surface area contributed by atoms with Crippen molar-refractivity contribution in [2.24, 2.45) is 0 Å². The van der Waals surface area contributed by atoms with Crippen molar-refractivity contribution in [3.05, 3.63) is 41.7 Å². The number of carbonyl (C=O) groups is 1. The van der Waals surface area contributed by atoms with Crippen LogP contribution in [0.1, 0.15) is 42.2 Å². The van der Waals surface area contributed by atoms with Gasteiger partial charge in [-0.3, -0.25) is 0 Å². The van der Waals surface area contributed by atoms with Gasteiger partial charge < -0.3 is 10.0 Å². The minimum Gasteiger partial charge on any atom is -0.476 e.